The summed E-state index contributed by atoms with van der Waals surface area (Å²) in [5, 5.41) is 5.01. The predicted molar refractivity (Wildman–Crippen MR) is 122 cm³/mol. The molecule has 5 rings (SSSR count). The van der Waals surface area contributed by atoms with Gasteiger partial charge in [-0.3, -0.25) is 4.90 Å². The third-order valence-corrected chi connectivity index (χ3v) is 8.11. The maximum atomic E-state index is 13.8. The number of hydrogen-bond donors (Lipinski definition) is 1. The van der Waals surface area contributed by atoms with Crippen molar-refractivity contribution >= 4 is 27.4 Å². The van der Waals surface area contributed by atoms with Crippen LogP contribution >= 0.6 is 11.3 Å². The molecule has 1 aromatic carbocycles. The maximum absolute atomic E-state index is 13.8. The van der Waals surface area contributed by atoms with Crippen LogP contribution in [-0.4, -0.2) is 34.0 Å². The van der Waals surface area contributed by atoms with Gasteiger partial charge in [0.25, 0.3) is 0 Å². The van der Waals surface area contributed by atoms with Gasteiger partial charge in [-0.15, -0.1) is 11.3 Å². The van der Waals surface area contributed by atoms with Crippen LogP contribution in [0.2, 0.25) is 0 Å². The summed E-state index contributed by atoms with van der Waals surface area (Å²) >= 11 is 1.85. The molecule has 0 radical (unpaired) electrons. The Balaban J connectivity index is 1.31. The maximum Gasteiger partial charge on any atom is 0.138 e. The van der Waals surface area contributed by atoms with Crippen molar-refractivity contribution in [3.63, 3.8) is 0 Å². The van der Waals surface area contributed by atoms with Crippen molar-refractivity contribution < 1.29 is 4.39 Å². The molecule has 0 atom stereocenters. The van der Waals surface area contributed by atoms with Gasteiger partial charge in [0.1, 0.15) is 22.8 Å². The third-order valence-electron chi connectivity index (χ3n) is 6.91. The van der Waals surface area contributed by atoms with Crippen molar-refractivity contribution in [3.05, 3.63) is 52.4 Å². The summed E-state index contributed by atoms with van der Waals surface area (Å²) < 4.78 is 13.8. The quantitative estimate of drug-likeness (QED) is 0.599. The van der Waals surface area contributed by atoms with Crippen LogP contribution in [0, 0.1) is 5.82 Å². The predicted octanol–water partition coefficient (Wildman–Crippen LogP) is 5.52. The Morgan fingerprint density at radius 2 is 1.93 bits per heavy atom. The van der Waals surface area contributed by atoms with Crippen molar-refractivity contribution in [1.29, 1.82) is 0 Å². The van der Waals surface area contributed by atoms with Gasteiger partial charge in [-0.25, -0.2) is 14.4 Å². The Morgan fingerprint density at radius 3 is 2.73 bits per heavy atom. The SMILES string of the molecule is CC(C)(c1cccc(F)c1)N1CCC(Nc2ncnc3sc4c(c23)CCCC4)CC1. The molecule has 1 aliphatic carbocycles. The summed E-state index contributed by atoms with van der Waals surface area (Å²) in [6.07, 6.45) is 8.69. The number of thiophene rings is 1. The molecule has 1 saturated heterocycles. The zero-order valence-electron chi connectivity index (χ0n) is 17.7. The average Bonchev–Trinajstić information content (AvgIpc) is 3.14. The second-order valence-corrected chi connectivity index (χ2v) is 10.2. The largest absolute Gasteiger partial charge is 0.367 e. The lowest BCUT2D eigenvalue weighted by atomic mass is 9.89. The summed E-state index contributed by atoms with van der Waals surface area (Å²) in [5.74, 6) is 0.853. The first-order valence-electron chi connectivity index (χ1n) is 11.1. The van der Waals surface area contributed by atoms with Gasteiger partial charge in [-0.1, -0.05) is 12.1 Å². The lowest BCUT2D eigenvalue weighted by Gasteiger charge is -2.43. The molecule has 0 amide bonds. The molecule has 1 aliphatic heterocycles. The number of nitrogens with zero attached hydrogens (tertiary/aromatic N) is 3. The number of aryl methyl sites for hydroxylation is 2. The molecule has 0 spiro atoms. The normalized spacial score (nSPS) is 18.5. The smallest absolute Gasteiger partial charge is 0.138 e. The molecule has 30 heavy (non-hydrogen) atoms. The molecule has 0 bridgehead atoms. The number of likely N-dealkylation sites (tertiary alicyclic amines) is 1. The second kappa shape index (κ2) is 7.89. The van der Waals surface area contributed by atoms with E-state index in [1.807, 2.05) is 23.5 Å². The number of rotatable bonds is 4. The van der Waals surface area contributed by atoms with Gasteiger partial charge >= 0.3 is 0 Å². The van der Waals surface area contributed by atoms with Gasteiger partial charge < -0.3 is 5.32 Å². The summed E-state index contributed by atoms with van der Waals surface area (Å²) in [7, 11) is 0. The fourth-order valence-electron chi connectivity index (χ4n) is 5.03. The van der Waals surface area contributed by atoms with E-state index in [2.05, 4.69) is 34.0 Å². The Hall–Kier alpha value is -2.05. The van der Waals surface area contributed by atoms with Crippen LogP contribution in [-0.2, 0) is 18.4 Å². The third kappa shape index (κ3) is 3.60. The first kappa shape index (κ1) is 19.9. The van der Waals surface area contributed by atoms with Crippen LogP contribution in [0.3, 0.4) is 0 Å². The van der Waals surface area contributed by atoms with E-state index < -0.39 is 0 Å². The van der Waals surface area contributed by atoms with Crippen molar-refractivity contribution in [3.8, 4) is 0 Å². The van der Waals surface area contributed by atoms with E-state index in [1.54, 1.807) is 12.4 Å². The Bertz CT molecular complexity index is 1050. The standard InChI is InChI=1S/C24H29FN4S/c1-24(2,16-6-5-7-17(25)14-16)29-12-10-18(11-13-29)28-22-21-19-8-3-4-9-20(19)30-23(21)27-15-26-22/h5-7,14-15,18H,3-4,8-13H2,1-2H3,(H,26,27,28). The summed E-state index contributed by atoms with van der Waals surface area (Å²) in [4.78, 5) is 14.3. The van der Waals surface area contributed by atoms with Gasteiger partial charge in [0.2, 0.25) is 0 Å². The Labute approximate surface area is 181 Å². The molecule has 3 aromatic rings. The highest BCUT2D eigenvalue weighted by molar-refractivity contribution is 7.19. The van der Waals surface area contributed by atoms with E-state index in [-0.39, 0.29) is 11.4 Å². The fraction of sp³-hybridized carbons (Fsp3) is 0.500. The number of nitrogens with one attached hydrogen (secondary N) is 1. The molecule has 2 aromatic heterocycles. The van der Waals surface area contributed by atoms with Crippen LogP contribution in [0.5, 0.6) is 0 Å². The zero-order chi connectivity index (χ0) is 20.7. The highest BCUT2D eigenvalue weighted by atomic mass is 32.1. The summed E-state index contributed by atoms with van der Waals surface area (Å²) in [6, 6.07) is 7.43. The first-order valence-corrected chi connectivity index (χ1v) is 11.9. The highest BCUT2D eigenvalue weighted by Gasteiger charge is 2.32. The van der Waals surface area contributed by atoms with Gasteiger partial charge in [0.15, 0.2) is 0 Å². The highest BCUT2D eigenvalue weighted by Crippen LogP contribution is 2.39. The lowest BCUT2D eigenvalue weighted by molar-refractivity contribution is 0.0897. The van der Waals surface area contributed by atoms with Crippen molar-refractivity contribution in [1.82, 2.24) is 14.9 Å². The van der Waals surface area contributed by atoms with E-state index in [0.29, 0.717) is 6.04 Å². The van der Waals surface area contributed by atoms with Crippen LogP contribution in [0.1, 0.15) is 55.5 Å². The topological polar surface area (TPSA) is 41.0 Å². The first-order chi connectivity index (χ1) is 14.5. The molecular formula is C24H29FN4S. The van der Waals surface area contributed by atoms with Crippen LogP contribution in [0.15, 0.2) is 30.6 Å². The van der Waals surface area contributed by atoms with E-state index in [1.165, 1.54) is 41.2 Å². The molecule has 0 unspecified atom stereocenters. The van der Waals surface area contributed by atoms with E-state index in [9.17, 15) is 4.39 Å². The number of hydrogen-bond acceptors (Lipinski definition) is 5. The minimum atomic E-state index is -0.179. The Kier molecular flexibility index (Phi) is 5.23. The zero-order valence-corrected chi connectivity index (χ0v) is 18.6. The second-order valence-electron chi connectivity index (χ2n) is 9.09. The van der Waals surface area contributed by atoms with Gasteiger partial charge in [0, 0.05) is 29.5 Å². The van der Waals surface area contributed by atoms with E-state index in [0.717, 1.165) is 48.6 Å². The van der Waals surface area contributed by atoms with Crippen molar-refractivity contribution in [2.24, 2.45) is 0 Å². The number of fused-ring (bicyclic) bond motifs is 3. The van der Waals surface area contributed by atoms with Gasteiger partial charge in [-0.05, 0) is 75.6 Å². The average molecular weight is 425 g/mol. The Morgan fingerprint density at radius 1 is 1.13 bits per heavy atom. The van der Waals surface area contributed by atoms with Crippen LogP contribution < -0.4 is 5.32 Å². The van der Waals surface area contributed by atoms with E-state index in [4.69, 9.17) is 0 Å². The number of piperidine rings is 1. The number of halogens is 1. The molecule has 1 N–H and O–H groups in total. The molecule has 2 aliphatic rings. The number of aromatic nitrogens is 2. The molecule has 0 saturated carbocycles. The molecule has 158 valence electrons. The van der Waals surface area contributed by atoms with Crippen molar-refractivity contribution in [2.75, 3.05) is 18.4 Å². The van der Waals surface area contributed by atoms with Crippen LogP contribution in [0.25, 0.3) is 10.2 Å². The van der Waals surface area contributed by atoms with Crippen molar-refractivity contribution in [2.45, 2.75) is 64.0 Å². The lowest BCUT2D eigenvalue weighted by Crippen LogP contribution is -2.48. The monoisotopic (exact) mass is 424 g/mol. The minimum absolute atomic E-state index is 0.163. The summed E-state index contributed by atoms with van der Waals surface area (Å²) in [5.41, 5.74) is 2.34. The molecule has 4 nitrogen and oxygen atoms in total. The number of benzene rings is 1. The van der Waals surface area contributed by atoms with Gasteiger partial charge in [0.05, 0.1) is 5.39 Å². The van der Waals surface area contributed by atoms with Crippen LogP contribution in [0.4, 0.5) is 10.2 Å². The molecule has 1 fully saturated rings. The fourth-order valence-corrected chi connectivity index (χ4v) is 6.26. The molecule has 3 heterocycles. The van der Waals surface area contributed by atoms with Gasteiger partial charge in [-0.2, -0.15) is 0 Å². The molecular weight excluding hydrogens is 395 g/mol. The minimum Gasteiger partial charge on any atom is -0.367 e. The number of anilines is 1. The molecule has 6 heteroatoms. The van der Waals surface area contributed by atoms with E-state index >= 15 is 0 Å². The summed E-state index contributed by atoms with van der Waals surface area (Å²) in [6.45, 7) is 6.36.